The van der Waals surface area contributed by atoms with Crippen molar-refractivity contribution in [2.45, 2.75) is 43.2 Å². The van der Waals surface area contributed by atoms with Crippen LogP contribution in [0.1, 0.15) is 48.5 Å². The van der Waals surface area contributed by atoms with Crippen molar-refractivity contribution in [3.05, 3.63) is 102 Å². The average molecular weight is 555 g/mol. The molecule has 7 nitrogen and oxygen atoms in total. The number of sulfonamides is 1. The number of hydrogen-bond donors (Lipinski definition) is 1. The number of nitrogens with zero attached hydrogens (tertiary/aromatic N) is 3. The molecule has 0 radical (unpaired) electrons. The van der Waals surface area contributed by atoms with Crippen molar-refractivity contribution in [1.29, 1.82) is 5.26 Å². The van der Waals surface area contributed by atoms with E-state index in [9.17, 15) is 8.42 Å². The Morgan fingerprint density at radius 3 is 2.50 bits per heavy atom. The fourth-order valence-corrected chi connectivity index (χ4v) is 6.64. The van der Waals surface area contributed by atoms with E-state index in [0.29, 0.717) is 28.6 Å². The van der Waals surface area contributed by atoms with Crippen molar-refractivity contribution in [2.24, 2.45) is 0 Å². The first-order valence-electron chi connectivity index (χ1n) is 13.5. The number of likely N-dealkylation sites (tertiary alicyclic amines) is 1. The van der Waals surface area contributed by atoms with Crippen molar-refractivity contribution >= 4 is 15.7 Å². The highest BCUT2D eigenvalue weighted by atomic mass is 32.2. The van der Waals surface area contributed by atoms with Gasteiger partial charge in [-0.2, -0.15) is 5.26 Å². The summed E-state index contributed by atoms with van der Waals surface area (Å²) in [6, 6.07) is 28.6. The van der Waals surface area contributed by atoms with Crippen molar-refractivity contribution in [1.82, 2.24) is 9.88 Å². The molecule has 5 rings (SSSR count). The second-order valence-electron chi connectivity index (χ2n) is 10.1. The normalized spacial score (nSPS) is 16.2. The largest absolute Gasteiger partial charge is 0.496 e. The van der Waals surface area contributed by atoms with Gasteiger partial charge in [-0.3, -0.25) is 9.21 Å². The van der Waals surface area contributed by atoms with Crippen molar-refractivity contribution in [3.63, 3.8) is 0 Å². The molecule has 1 fully saturated rings. The van der Waals surface area contributed by atoms with Gasteiger partial charge in [-0.25, -0.2) is 8.42 Å². The molecule has 0 spiro atoms. The lowest BCUT2D eigenvalue weighted by molar-refractivity contribution is 0.190. The van der Waals surface area contributed by atoms with Crippen LogP contribution >= 0.6 is 0 Å². The molecule has 1 N–H and O–H groups in total. The van der Waals surface area contributed by atoms with Crippen LogP contribution in [0.3, 0.4) is 0 Å². The maximum atomic E-state index is 13.5. The second kappa shape index (κ2) is 12.0. The van der Waals surface area contributed by atoms with Crippen LogP contribution in [0.4, 0.5) is 5.69 Å². The van der Waals surface area contributed by atoms with Gasteiger partial charge in [0.2, 0.25) is 0 Å². The zero-order valence-electron chi connectivity index (χ0n) is 22.9. The van der Waals surface area contributed by atoms with E-state index in [1.165, 1.54) is 36.2 Å². The summed E-state index contributed by atoms with van der Waals surface area (Å²) in [6.07, 6.45) is 4.78. The first-order valence-corrected chi connectivity index (χ1v) is 15.0. The highest BCUT2D eigenvalue weighted by molar-refractivity contribution is 7.92. The quantitative estimate of drug-likeness (QED) is 0.268. The van der Waals surface area contributed by atoms with Gasteiger partial charge in [0.25, 0.3) is 10.0 Å². The molecule has 0 aliphatic carbocycles. The molecule has 1 saturated heterocycles. The van der Waals surface area contributed by atoms with Gasteiger partial charge < -0.3 is 9.72 Å². The first kappa shape index (κ1) is 27.5. The number of H-pyrrole nitrogens is 1. The summed E-state index contributed by atoms with van der Waals surface area (Å²) in [4.78, 5) is 6.24. The maximum absolute atomic E-state index is 13.5. The molecule has 0 bridgehead atoms. The van der Waals surface area contributed by atoms with E-state index in [4.69, 9.17) is 10.00 Å². The second-order valence-corrected chi connectivity index (χ2v) is 12.1. The van der Waals surface area contributed by atoms with Crippen molar-refractivity contribution < 1.29 is 13.2 Å². The van der Waals surface area contributed by atoms with Crippen LogP contribution in [0, 0.1) is 11.3 Å². The number of aromatic amines is 1. The van der Waals surface area contributed by atoms with E-state index in [0.717, 1.165) is 30.9 Å². The fraction of sp³-hybridized carbons (Fsp3) is 0.281. The number of anilines is 1. The Kier molecular flexibility index (Phi) is 8.24. The molecule has 1 aliphatic heterocycles. The number of nitrogens with one attached hydrogen (secondary N) is 1. The van der Waals surface area contributed by atoms with Crippen LogP contribution in [0.25, 0.3) is 11.3 Å². The van der Waals surface area contributed by atoms with Crippen LogP contribution in [-0.4, -0.2) is 39.0 Å². The van der Waals surface area contributed by atoms with Gasteiger partial charge in [0.15, 0.2) is 0 Å². The maximum Gasteiger partial charge on any atom is 0.264 e. The van der Waals surface area contributed by atoms with Gasteiger partial charge in [0.1, 0.15) is 5.75 Å². The molecule has 2 heterocycles. The SMILES string of the molecule is COc1ccc(S(=O)(=O)N(C)c2ccc(C#N)cc2)cc1-c1ccc(CN2CCCCC[C@@H]2c2ccccc2)[nH]1. The number of methoxy groups -OCH3 is 1. The zero-order chi connectivity index (χ0) is 28.1. The third-order valence-electron chi connectivity index (χ3n) is 7.65. The topological polar surface area (TPSA) is 89.4 Å². The summed E-state index contributed by atoms with van der Waals surface area (Å²) in [5, 5.41) is 9.07. The summed E-state index contributed by atoms with van der Waals surface area (Å²) >= 11 is 0. The van der Waals surface area contributed by atoms with E-state index < -0.39 is 10.0 Å². The van der Waals surface area contributed by atoms with E-state index in [1.807, 2.05) is 6.07 Å². The Balaban J connectivity index is 1.42. The summed E-state index contributed by atoms with van der Waals surface area (Å²) in [5.41, 5.74) is 4.85. The monoisotopic (exact) mass is 554 g/mol. The third kappa shape index (κ3) is 5.76. The lowest BCUT2D eigenvalue weighted by Gasteiger charge is -2.30. The highest BCUT2D eigenvalue weighted by Crippen LogP contribution is 2.35. The molecular formula is C32H34N4O3S. The average Bonchev–Trinajstić information content (AvgIpc) is 3.34. The van der Waals surface area contributed by atoms with E-state index in [2.05, 4.69) is 52.4 Å². The number of rotatable bonds is 8. The molecule has 0 saturated carbocycles. The first-order chi connectivity index (χ1) is 19.4. The lowest BCUT2D eigenvalue weighted by atomic mass is 10.0. The summed E-state index contributed by atoms with van der Waals surface area (Å²) < 4.78 is 33.9. The molecule has 1 aromatic heterocycles. The molecule has 0 unspecified atom stereocenters. The van der Waals surface area contributed by atoms with E-state index in [1.54, 1.807) is 49.6 Å². The summed E-state index contributed by atoms with van der Waals surface area (Å²) in [6.45, 7) is 1.81. The van der Waals surface area contributed by atoms with E-state index in [-0.39, 0.29) is 4.90 Å². The lowest BCUT2D eigenvalue weighted by Crippen LogP contribution is -2.28. The summed E-state index contributed by atoms with van der Waals surface area (Å²) in [7, 11) is -0.756. The molecule has 4 aromatic rings. The summed E-state index contributed by atoms with van der Waals surface area (Å²) in [5.74, 6) is 0.588. The van der Waals surface area contributed by atoms with Gasteiger partial charge in [0, 0.05) is 36.6 Å². The number of nitriles is 1. The molecule has 40 heavy (non-hydrogen) atoms. The predicted octanol–water partition coefficient (Wildman–Crippen LogP) is 6.50. The molecule has 0 amide bonds. The molecular weight excluding hydrogens is 520 g/mol. The Morgan fingerprint density at radius 2 is 1.77 bits per heavy atom. The fourth-order valence-electron chi connectivity index (χ4n) is 5.42. The predicted molar refractivity (Wildman–Crippen MR) is 158 cm³/mol. The minimum atomic E-state index is -3.85. The third-order valence-corrected chi connectivity index (χ3v) is 9.43. The number of aromatic nitrogens is 1. The smallest absolute Gasteiger partial charge is 0.264 e. The van der Waals surface area contributed by atoms with Crippen molar-refractivity contribution in [2.75, 3.05) is 25.0 Å². The van der Waals surface area contributed by atoms with Gasteiger partial charge in [-0.1, -0.05) is 43.2 Å². The molecule has 1 atom stereocenters. The van der Waals surface area contributed by atoms with Crippen molar-refractivity contribution in [3.8, 4) is 23.1 Å². The van der Waals surface area contributed by atoms with Crippen LogP contribution in [0.2, 0.25) is 0 Å². The number of benzene rings is 3. The van der Waals surface area contributed by atoms with Crippen LogP contribution in [0.15, 0.2) is 89.8 Å². The molecule has 3 aromatic carbocycles. The Bertz CT molecular complexity index is 1590. The highest BCUT2D eigenvalue weighted by Gasteiger charge is 2.25. The van der Waals surface area contributed by atoms with Gasteiger partial charge in [0.05, 0.1) is 29.3 Å². The van der Waals surface area contributed by atoms with Gasteiger partial charge >= 0.3 is 0 Å². The Morgan fingerprint density at radius 1 is 1.00 bits per heavy atom. The van der Waals surface area contributed by atoms with Crippen LogP contribution < -0.4 is 9.04 Å². The number of ether oxygens (including phenoxy) is 1. The number of hydrogen-bond acceptors (Lipinski definition) is 5. The molecule has 8 heteroatoms. The van der Waals surface area contributed by atoms with Gasteiger partial charge in [-0.05, 0) is 79.5 Å². The standard InChI is InChI=1S/C32H34N4O3S/c1-35(27-15-12-24(22-33)13-16-27)40(37,38)28-17-19-32(39-2)29(21-28)30-18-14-26(34-30)23-36-20-8-4-7-11-31(36)25-9-5-3-6-10-25/h3,5-6,9-10,12-19,21,31,34H,4,7-8,11,20,23H2,1-2H3/t31-/m1/s1. The minimum Gasteiger partial charge on any atom is -0.496 e. The Labute approximate surface area is 236 Å². The minimum absolute atomic E-state index is 0.156. The van der Waals surface area contributed by atoms with Crippen LogP contribution in [0.5, 0.6) is 5.75 Å². The Hall–Kier alpha value is -4.06. The van der Waals surface area contributed by atoms with E-state index >= 15 is 0 Å². The zero-order valence-corrected chi connectivity index (χ0v) is 23.7. The molecule has 1 aliphatic rings. The van der Waals surface area contributed by atoms with Crippen LogP contribution in [-0.2, 0) is 16.6 Å². The molecule has 206 valence electrons. The van der Waals surface area contributed by atoms with Gasteiger partial charge in [-0.15, -0.1) is 0 Å².